The lowest BCUT2D eigenvalue weighted by Gasteiger charge is -2.07. The lowest BCUT2D eigenvalue weighted by Crippen LogP contribution is -2.39. The van der Waals surface area contributed by atoms with Crippen LogP contribution in [0.2, 0.25) is 5.02 Å². The van der Waals surface area contributed by atoms with E-state index in [9.17, 15) is 9.59 Å². The molecule has 0 saturated carbocycles. The number of urea groups is 1. The summed E-state index contributed by atoms with van der Waals surface area (Å²) in [5.41, 5.74) is 6.43. The Hall–Kier alpha value is -1.73. The second kappa shape index (κ2) is 5.50. The first-order chi connectivity index (χ1) is 8.95. The molecule has 0 bridgehead atoms. The number of halogens is 1. The highest BCUT2D eigenvalue weighted by atomic mass is 35.5. The number of hydrogen-bond donors (Lipinski definition) is 3. The van der Waals surface area contributed by atoms with Gasteiger partial charge in [0.05, 0.1) is 16.3 Å². The Balaban J connectivity index is 2.12. The molecule has 0 radical (unpaired) electrons. The van der Waals surface area contributed by atoms with Crippen molar-refractivity contribution in [1.82, 2.24) is 15.3 Å². The molecule has 19 heavy (non-hydrogen) atoms. The molecule has 3 amide bonds. The molecule has 0 aliphatic rings. The average Bonchev–Trinajstić information content (AvgIpc) is 2.69. The van der Waals surface area contributed by atoms with E-state index in [1.165, 1.54) is 11.8 Å². The van der Waals surface area contributed by atoms with Gasteiger partial charge < -0.3 is 10.7 Å². The largest absolute Gasteiger partial charge is 0.351 e. The van der Waals surface area contributed by atoms with Crippen LogP contribution in [0.3, 0.4) is 0 Å². The van der Waals surface area contributed by atoms with Gasteiger partial charge in [-0.05, 0) is 25.1 Å². The minimum atomic E-state index is -0.867. The molecular formula is C11H11ClN4O2S. The van der Waals surface area contributed by atoms with Gasteiger partial charge in [-0.25, -0.2) is 9.78 Å². The third-order valence-corrected chi connectivity index (χ3v) is 3.55. The van der Waals surface area contributed by atoms with Crippen molar-refractivity contribution >= 4 is 46.3 Å². The van der Waals surface area contributed by atoms with Gasteiger partial charge in [0.2, 0.25) is 5.91 Å². The zero-order valence-electron chi connectivity index (χ0n) is 9.94. The Morgan fingerprint density at radius 3 is 2.95 bits per heavy atom. The van der Waals surface area contributed by atoms with Crippen LogP contribution in [0, 0.1) is 0 Å². The van der Waals surface area contributed by atoms with E-state index < -0.39 is 17.2 Å². The summed E-state index contributed by atoms with van der Waals surface area (Å²) in [7, 11) is 0. The van der Waals surface area contributed by atoms with Crippen molar-refractivity contribution in [3.8, 4) is 0 Å². The van der Waals surface area contributed by atoms with E-state index >= 15 is 0 Å². The number of thioether (sulfide) groups is 1. The summed E-state index contributed by atoms with van der Waals surface area (Å²) in [5.74, 6) is -0.462. The van der Waals surface area contributed by atoms with Crippen molar-refractivity contribution in [2.75, 3.05) is 0 Å². The van der Waals surface area contributed by atoms with Crippen molar-refractivity contribution in [2.24, 2.45) is 5.73 Å². The molecular weight excluding hydrogens is 288 g/mol. The number of amides is 3. The van der Waals surface area contributed by atoms with E-state index in [1.54, 1.807) is 25.1 Å². The summed E-state index contributed by atoms with van der Waals surface area (Å²) in [6.45, 7) is 1.66. The summed E-state index contributed by atoms with van der Waals surface area (Å²) in [5, 5.41) is 2.70. The van der Waals surface area contributed by atoms with Crippen LogP contribution < -0.4 is 11.1 Å². The molecule has 2 aromatic rings. The van der Waals surface area contributed by atoms with Gasteiger partial charge in [-0.3, -0.25) is 10.1 Å². The SMILES string of the molecule is CC(Sc1nc2ccc(Cl)cc2[nH]1)C(=O)NC(N)=O. The van der Waals surface area contributed by atoms with Crippen LogP contribution >= 0.6 is 23.4 Å². The maximum absolute atomic E-state index is 11.5. The van der Waals surface area contributed by atoms with E-state index in [4.69, 9.17) is 17.3 Å². The fourth-order valence-corrected chi connectivity index (χ4v) is 2.45. The Morgan fingerprint density at radius 2 is 2.26 bits per heavy atom. The van der Waals surface area contributed by atoms with Crippen LogP contribution in [0.1, 0.15) is 6.92 Å². The zero-order chi connectivity index (χ0) is 14.0. The molecule has 2 rings (SSSR count). The topological polar surface area (TPSA) is 101 Å². The number of imide groups is 1. The predicted octanol–water partition coefficient (Wildman–Crippen LogP) is 1.89. The fourth-order valence-electron chi connectivity index (χ4n) is 1.46. The summed E-state index contributed by atoms with van der Waals surface area (Å²) >= 11 is 7.07. The maximum Gasteiger partial charge on any atom is 0.318 e. The monoisotopic (exact) mass is 298 g/mol. The van der Waals surface area contributed by atoms with Gasteiger partial charge in [0.15, 0.2) is 5.16 Å². The summed E-state index contributed by atoms with van der Waals surface area (Å²) in [6.07, 6.45) is 0. The highest BCUT2D eigenvalue weighted by Gasteiger charge is 2.17. The molecule has 1 unspecified atom stereocenters. The first kappa shape index (κ1) is 13.7. The van der Waals surface area contributed by atoms with Crippen molar-refractivity contribution in [3.63, 3.8) is 0 Å². The lowest BCUT2D eigenvalue weighted by atomic mass is 10.3. The minimum Gasteiger partial charge on any atom is -0.351 e. The standard InChI is InChI=1S/C11H11ClN4O2S/c1-5(9(17)16-10(13)18)19-11-14-7-3-2-6(12)4-8(7)15-11/h2-5H,1H3,(H,14,15)(H3,13,16,17,18). The van der Waals surface area contributed by atoms with Gasteiger partial charge in [-0.1, -0.05) is 23.4 Å². The van der Waals surface area contributed by atoms with Crippen molar-refractivity contribution in [3.05, 3.63) is 23.2 Å². The van der Waals surface area contributed by atoms with E-state index in [1.807, 2.05) is 5.32 Å². The van der Waals surface area contributed by atoms with Crippen LogP contribution in [0.25, 0.3) is 11.0 Å². The van der Waals surface area contributed by atoms with Crippen LogP contribution in [-0.2, 0) is 4.79 Å². The molecule has 1 heterocycles. The highest BCUT2D eigenvalue weighted by Crippen LogP contribution is 2.25. The molecule has 0 spiro atoms. The van der Waals surface area contributed by atoms with Gasteiger partial charge >= 0.3 is 6.03 Å². The molecule has 4 N–H and O–H groups in total. The Morgan fingerprint density at radius 1 is 1.53 bits per heavy atom. The fraction of sp³-hybridized carbons (Fsp3) is 0.182. The number of fused-ring (bicyclic) bond motifs is 1. The highest BCUT2D eigenvalue weighted by molar-refractivity contribution is 8.00. The summed E-state index contributed by atoms with van der Waals surface area (Å²) in [4.78, 5) is 29.5. The molecule has 0 aliphatic carbocycles. The number of hydrogen-bond acceptors (Lipinski definition) is 4. The third-order valence-electron chi connectivity index (χ3n) is 2.33. The molecule has 1 aromatic carbocycles. The van der Waals surface area contributed by atoms with Crippen LogP contribution in [0.4, 0.5) is 4.79 Å². The molecule has 0 saturated heterocycles. The summed E-state index contributed by atoms with van der Waals surface area (Å²) < 4.78 is 0. The van der Waals surface area contributed by atoms with Crippen molar-refractivity contribution in [2.45, 2.75) is 17.3 Å². The van der Waals surface area contributed by atoms with E-state index in [-0.39, 0.29) is 0 Å². The Kier molecular flexibility index (Phi) is 3.96. The van der Waals surface area contributed by atoms with Crippen LogP contribution in [0.5, 0.6) is 0 Å². The van der Waals surface area contributed by atoms with Gasteiger partial charge in [-0.2, -0.15) is 0 Å². The zero-order valence-corrected chi connectivity index (χ0v) is 11.5. The first-order valence-electron chi connectivity index (χ1n) is 5.38. The number of nitrogens with two attached hydrogens (primary N) is 1. The van der Waals surface area contributed by atoms with Gasteiger partial charge in [0.1, 0.15) is 0 Å². The van der Waals surface area contributed by atoms with Crippen molar-refractivity contribution in [1.29, 1.82) is 0 Å². The number of nitrogens with zero attached hydrogens (tertiary/aromatic N) is 1. The number of H-pyrrole nitrogens is 1. The Bertz CT molecular complexity index is 643. The molecule has 8 heteroatoms. The lowest BCUT2D eigenvalue weighted by molar-refractivity contribution is -0.119. The molecule has 0 fully saturated rings. The normalized spacial score (nSPS) is 12.3. The smallest absolute Gasteiger partial charge is 0.318 e. The number of benzene rings is 1. The molecule has 100 valence electrons. The Labute approximate surface area is 118 Å². The van der Waals surface area contributed by atoms with Crippen molar-refractivity contribution < 1.29 is 9.59 Å². The number of carbonyl (C=O) groups excluding carboxylic acids is 2. The number of nitrogens with one attached hydrogen (secondary N) is 2. The number of aromatic nitrogens is 2. The average molecular weight is 299 g/mol. The van der Waals surface area contributed by atoms with Crippen LogP contribution in [-0.4, -0.2) is 27.2 Å². The predicted molar refractivity (Wildman–Crippen MR) is 74.1 cm³/mol. The second-order valence-electron chi connectivity index (χ2n) is 3.82. The van der Waals surface area contributed by atoms with Gasteiger partial charge in [0.25, 0.3) is 0 Å². The number of aromatic amines is 1. The van der Waals surface area contributed by atoms with E-state index in [0.717, 1.165) is 11.0 Å². The number of primary amides is 1. The number of imidazole rings is 1. The van der Waals surface area contributed by atoms with Crippen LogP contribution in [0.15, 0.2) is 23.4 Å². The quantitative estimate of drug-likeness (QED) is 0.753. The summed E-state index contributed by atoms with van der Waals surface area (Å²) in [6, 6.07) is 4.41. The van der Waals surface area contributed by atoms with E-state index in [0.29, 0.717) is 10.2 Å². The van der Waals surface area contributed by atoms with Gasteiger partial charge in [-0.15, -0.1) is 0 Å². The second-order valence-corrected chi connectivity index (χ2v) is 5.58. The number of carbonyl (C=O) groups is 2. The number of rotatable bonds is 3. The molecule has 6 nitrogen and oxygen atoms in total. The molecule has 1 aromatic heterocycles. The van der Waals surface area contributed by atoms with Gasteiger partial charge in [0, 0.05) is 5.02 Å². The first-order valence-corrected chi connectivity index (χ1v) is 6.63. The maximum atomic E-state index is 11.5. The molecule has 0 aliphatic heterocycles. The minimum absolute atomic E-state index is 0.462. The van der Waals surface area contributed by atoms with E-state index in [2.05, 4.69) is 9.97 Å². The molecule has 1 atom stereocenters. The third kappa shape index (κ3) is 3.39.